The lowest BCUT2D eigenvalue weighted by molar-refractivity contribution is -0.139. The lowest BCUT2D eigenvalue weighted by Gasteiger charge is -2.36. The van der Waals surface area contributed by atoms with Crippen molar-refractivity contribution in [3.05, 3.63) is 0 Å². The normalized spacial score (nSPS) is 28.3. The third kappa shape index (κ3) is 4.92. The molecule has 1 saturated heterocycles. The molecule has 1 aliphatic heterocycles. The lowest BCUT2D eigenvalue weighted by atomic mass is 9.97. The van der Waals surface area contributed by atoms with E-state index in [2.05, 4.69) is 4.76 Å². The van der Waals surface area contributed by atoms with E-state index in [1.54, 1.807) is 11.8 Å². The monoisotopic (exact) mass is 272 g/mol. The molecular formula is C10H18BN2O4P. The molecule has 3 atom stereocenters. The Kier molecular flexibility index (Phi) is 5.57. The van der Waals surface area contributed by atoms with Gasteiger partial charge in [-0.3, -0.25) is 9.36 Å². The molecule has 2 radical (unpaired) electrons. The fourth-order valence-electron chi connectivity index (χ4n) is 1.68. The maximum atomic E-state index is 11.8. The van der Waals surface area contributed by atoms with Gasteiger partial charge in [0.1, 0.15) is 7.85 Å². The van der Waals surface area contributed by atoms with Gasteiger partial charge >= 0.3 is 7.52 Å². The van der Waals surface area contributed by atoms with Crippen molar-refractivity contribution >= 4 is 27.5 Å². The molecule has 0 bridgehead atoms. The minimum Gasteiger partial charge on any atom is -0.379 e. The highest BCUT2D eigenvalue weighted by Crippen LogP contribution is 2.43. The minimum absolute atomic E-state index is 0.0648. The van der Waals surface area contributed by atoms with Crippen LogP contribution in [0.25, 0.3) is 0 Å². The Labute approximate surface area is 109 Å². The molecular weight excluding hydrogens is 254 g/mol. The number of hydrogen-bond donors (Lipinski definition) is 0. The first-order valence-corrected chi connectivity index (χ1v) is 7.75. The zero-order chi connectivity index (χ0) is 13.8. The van der Waals surface area contributed by atoms with Crippen LogP contribution in [0.2, 0.25) is 0 Å². The number of hydrogen-bond acceptors (Lipinski definition) is 4. The van der Waals surface area contributed by atoms with E-state index in [9.17, 15) is 9.36 Å². The van der Waals surface area contributed by atoms with E-state index in [-0.39, 0.29) is 18.6 Å². The predicted molar refractivity (Wildman–Crippen MR) is 70.3 cm³/mol. The summed E-state index contributed by atoms with van der Waals surface area (Å²) in [6.45, 7) is 5.43. The van der Waals surface area contributed by atoms with Crippen molar-refractivity contribution in [2.24, 2.45) is 4.76 Å². The van der Waals surface area contributed by atoms with Crippen LogP contribution in [0.1, 0.15) is 13.8 Å². The average molecular weight is 272 g/mol. The van der Waals surface area contributed by atoms with Crippen molar-refractivity contribution in [2.45, 2.75) is 26.0 Å². The van der Waals surface area contributed by atoms with Gasteiger partial charge in [-0.2, -0.15) is 0 Å². The predicted octanol–water partition coefficient (Wildman–Crippen LogP) is 0.658. The molecule has 8 heteroatoms. The van der Waals surface area contributed by atoms with Crippen molar-refractivity contribution in [1.82, 2.24) is 4.90 Å². The van der Waals surface area contributed by atoms with Crippen molar-refractivity contribution in [1.29, 1.82) is 0 Å². The quantitative estimate of drug-likeness (QED) is 0.428. The highest BCUT2D eigenvalue weighted by Gasteiger charge is 2.28. The van der Waals surface area contributed by atoms with Crippen molar-refractivity contribution in [3.8, 4) is 0 Å². The Morgan fingerprint density at radius 2 is 2.33 bits per heavy atom. The first-order valence-electron chi connectivity index (χ1n) is 5.73. The molecule has 6 nitrogen and oxygen atoms in total. The highest BCUT2D eigenvalue weighted by atomic mass is 31.2. The molecule has 0 aromatic carbocycles. The van der Waals surface area contributed by atoms with Crippen LogP contribution in [0.4, 0.5) is 0 Å². The van der Waals surface area contributed by atoms with Crippen LogP contribution < -0.4 is 0 Å². The zero-order valence-electron chi connectivity index (χ0n) is 10.9. The van der Waals surface area contributed by atoms with Crippen LogP contribution in [0.5, 0.6) is 0 Å². The smallest absolute Gasteiger partial charge is 0.311 e. The van der Waals surface area contributed by atoms with E-state index in [1.165, 1.54) is 19.8 Å². The first-order chi connectivity index (χ1) is 8.34. The van der Waals surface area contributed by atoms with Crippen LogP contribution >= 0.6 is 7.52 Å². The van der Waals surface area contributed by atoms with Gasteiger partial charge in [-0.1, -0.05) is 0 Å². The molecule has 100 valence electrons. The number of rotatable bonds is 4. The summed E-state index contributed by atoms with van der Waals surface area (Å²) in [5, 5.41) is 0. The summed E-state index contributed by atoms with van der Waals surface area (Å²) >= 11 is 0. The molecule has 0 spiro atoms. The summed E-state index contributed by atoms with van der Waals surface area (Å²) in [6, 6.07) is -0.540. The molecule has 1 fully saturated rings. The first kappa shape index (κ1) is 15.4. The Bertz CT molecular complexity index is 377. The molecule has 1 heterocycles. The lowest BCUT2D eigenvalue weighted by Crippen LogP contribution is -2.50. The second-order valence-electron chi connectivity index (χ2n) is 4.19. The van der Waals surface area contributed by atoms with Gasteiger partial charge in [0.2, 0.25) is 5.91 Å². The summed E-state index contributed by atoms with van der Waals surface area (Å²) in [4.78, 5) is 12.9. The zero-order valence-corrected chi connectivity index (χ0v) is 11.8. The molecule has 0 aromatic rings. The van der Waals surface area contributed by atoms with Gasteiger partial charge in [0.15, 0.2) is 0 Å². The van der Waals surface area contributed by atoms with Gasteiger partial charge in [-0.15, -0.1) is 0 Å². The summed E-state index contributed by atoms with van der Waals surface area (Å²) in [7, 11) is 2.70. The third-order valence-corrected chi connectivity index (χ3v) is 3.74. The minimum atomic E-state index is -2.98. The summed E-state index contributed by atoms with van der Waals surface area (Å²) < 4.78 is 26.2. The van der Waals surface area contributed by atoms with Crippen molar-refractivity contribution in [2.75, 3.05) is 26.4 Å². The van der Waals surface area contributed by atoms with Gasteiger partial charge in [0.05, 0.1) is 12.7 Å². The van der Waals surface area contributed by atoms with Crippen LogP contribution in [0.3, 0.4) is 0 Å². The van der Waals surface area contributed by atoms with Crippen LogP contribution in [0, 0.1) is 0 Å². The number of carbonyl (C=O) groups is 1. The van der Waals surface area contributed by atoms with Gasteiger partial charge in [-0.05, 0) is 6.92 Å². The number of morpholine rings is 1. The maximum absolute atomic E-state index is 11.8. The van der Waals surface area contributed by atoms with Crippen LogP contribution in [0.15, 0.2) is 4.76 Å². The molecule has 0 aliphatic carbocycles. The van der Waals surface area contributed by atoms with E-state index in [0.717, 1.165) is 0 Å². The molecule has 0 saturated carbocycles. The Hall–Kier alpha value is -0.645. The highest BCUT2D eigenvalue weighted by molar-refractivity contribution is 7.56. The van der Waals surface area contributed by atoms with E-state index < -0.39 is 13.5 Å². The van der Waals surface area contributed by atoms with E-state index in [0.29, 0.717) is 13.1 Å². The molecule has 18 heavy (non-hydrogen) atoms. The van der Waals surface area contributed by atoms with Crippen LogP contribution in [-0.2, 0) is 18.6 Å². The number of ether oxygens (including phenoxy) is 1. The fraction of sp³-hybridized carbons (Fsp3) is 0.800. The van der Waals surface area contributed by atoms with E-state index in [1.807, 2.05) is 0 Å². The average Bonchev–Trinajstić information content (AvgIpc) is 2.26. The Morgan fingerprint density at radius 1 is 1.67 bits per heavy atom. The maximum Gasteiger partial charge on any atom is 0.311 e. The van der Waals surface area contributed by atoms with Gasteiger partial charge in [0, 0.05) is 38.9 Å². The summed E-state index contributed by atoms with van der Waals surface area (Å²) in [6.07, 6.45) is 1.06. The third-order valence-electron chi connectivity index (χ3n) is 2.46. The number of amides is 1. The standard InChI is InChI=1S/C10H18BN2O4P/c1-4-12-18(3,15)16-7-9-5-13(8(2)14)6-10(11)17-9/h4,9-10H,5-7H2,1-3H3/t9?,10-,18-/m1/s1. The molecule has 1 aliphatic rings. The van der Waals surface area contributed by atoms with E-state index in [4.69, 9.17) is 17.1 Å². The summed E-state index contributed by atoms with van der Waals surface area (Å²) in [5.74, 6) is -0.0648. The molecule has 1 unspecified atom stereocenters. The molecule has 1 rings (SSSR count). The van der Waals surface area contributed by atoms with Crippen LogP contribution in [-0.4, -0.2) is 63.3 Å². The van der Waals surface area contributed by atoms with E-state index >= 15 is 0 Å². The van der Waals surface area contributed by atoms with Crippen molar-refractivity contribution < 1.29 is 18.6 Å². The SMILES string of the molecule is [B][C@H]1CN(C(C)=O)CC(CO[P@@](C)(=O)N=CC)O1. The molecule has 0 N–H and O–H groups in total. The fourth-order valence-corrected chi connectivity index (χ4v) is 2.61. The topological polar surface area (TPSA) is 68.2 Å². The largest absolute Gasteiger partial charge is 0.379 e. The Morgan fingerprint density at radius 3 is 2.89 bits per heavy atom. The number of carbonyl (C=O) groups excluding carboxylic acids is 1. The second-order valence-corrected chi connectivity index (χ2v) is 6.29. The second kappa shape index (κ2) is 6.50. The number of nitrogens with zero attached hydrogens (tertiary/aromatic N) is 2. The summed E-state index contributed by atoms with van der Waals surface area (Å²) in [5.41, 5.74) is 0. The molecule has 0 aromatic heterocycles. The van der Waals surface area contributed by atoms with Crippen molar-refractivity contribution in [3.63, 3.8) is 0 Å². The Balaban J connectivity index is 2.52. The van der Waals surface area contributed by atoms with Gasteiger partial charge < -0.3 is 14.2 Å². The van der Waals surface area contributed by atoms with Gasteiger partial charge in [0.25, 0.3) is 0 Å². The van der Waals surface area contributed by atoms with Gasteiger partial charge in [-0.25, -0.2) is 4.76 Å². The molecule has 1 amide bonds.